The first kappa shape index (κ1) is 17.0. The number of hydrogen-bond acceptors (Lipinski definition) is 3. The van der Waals surface area contributed by atoms with E-state index in [4.69, 9.17) is 17.0 Å². The van der Waals surface area contributed by atoms with Crippen molar-refractivity contribution in [3.05, 3.63) is 58.7 Å². The highest BCUT2D eigenvalue weighted by molar-refractivity contribution is 7.80. The average molecular weight is 328 g/mol. The van der Waals surface area contributed by atoms with Crippen molar-refractivity contribution < 1.29 is 9.53 Å². The van der Waals surface area contributed by atoms with Gasteiger partial charge >= 0.3 is 0 Å². The molecule has 0 saturated carbocycles. The summed E-state index contributed by atoms with van der Waals surface area (Å²) in [6, 6.07) is 11.3. The molecule has 2 aromatic rings. The monoisotopic (exact) mass is 328 g/mol. The lowest BCUT2D eigenvalue weighted by molar-refractivity contribution is 0.0974. The number of nitrogens with one attached hydrogen (secondary N) is 2. The summed E-state index contributed by atoms with van der Waals surface area (Å²) in [7, 11) is 1.55. The first-order chi connectivity index (χ1) is 10.9. The molecule has 2 N–H and O–H groups in total. The van der Waals surface area contributed by atoms with E-state index in [0.717, 1.165) is 16.8 Å². The standard InChI is InChI=1S/C18H20N2O2S/c1-11-8-9-14(10-13(11)3)19-18(23)20-17(21)15-7-5-6-12(2)16(15)22-4/h5-10H,1-4H3,(H2,19,20,21,23). The lowest BCUT2D eigenvalue weighted by Crippen LogP contribution is -2.34. The van der Waals surface area contributed by atoms with Crippen LogP contribution in [0.3, 0.4) is 0 Å². The van der Waals surface area contributed by atoms with Crippen LogP contribution in [0.15, 0.2) is 36.4 Å². The summed E-state index contributed by atoms with van der Waals surface area (Å²) in [5.41, 5.74) is 4.55. The number of para-hydroxylation sites is 1. The lowest BCUT2D eigenvalue weighted by Gasteiger charge is -2.13. The van der Waals surface area contributed by atoms with Crippen molar-refractivity contribution in [1.29, 1.82) is 0 Å². The van der Waals surface area contributed by atoms with Gasteiger partial charge in [0, 0.05) is 5.69 Å². The van der Waals surface area contributed by atoms with Gasteiger partial charge in [-0.3, -0.25) is 10.1 Å². The molecule has 0 aliphatic carbocycles. The molecule has 0 radical (unpaired) electrons. The Bertz CT molecular complexity index is 757. The zero-order valence-electron chi connectivity index (χ0n) is 13.7. The normalized spacial score (nSPS) is 10.1. The van der Waals surface area contributed by atoms with E-state index in [9.17, 15) is 4.79 Å². The van der Waals surface area contributed by atoms with Gasteiger partial charge < -0.3 is 10.1 Å². The van der Waals surface area contributed by atoms with Crippen molar-refractivity contribution in [1.82, 2.24) is 5.32 Å². The minimum atomic E-state index is -0.299. The van der Waals surface area contributed by atoms with Gasteiger partial charge in [0.2, 0.25) is 0 Å². The molecule has 0 unspecified atom stereocenters. The summed E-state index contributed by atoms with van der Waals surface area (Å²) < 4.78 is 5.30. The Morgan fingerprint density at radius 1 is 1.04 bits per heavy atom. The fourth-order valence-corrected chi connectivity index (χ4v) is 2.46. The Balaban J connectivity index is 2.09. The van der Waals surface area contributed by atoms with E-state index in [1.165, 1.54) is 5.56 Å². The Labute approximate surface area is 141 Å². The largest absolute Gasteiger partial charge is 0.496 e. The summed E-state index contributed by atoms with van der Waals surface area (Å²) in [6.07, 6.45) is 0. The zero-order chi connectivity index (χ0) is 17.0. The van der Waals surface area contributed by atoms with Crippen LogP contribution in [0.5, 0.6) is 5.75 Å². The van der Waals surface area contributed by atoms with Crippen molar-refractivity contribution in [3.63, 3.8) is 0 Å². The molecular formula is C18H20N2O2S. The van der Waals surface area contributed by atoms with Gasteiger partial charge in [-0.05, 0) is 67.9 Å². The predicted octanol–water partition coefficient (Wildman–Crippen LogP) is 3.75. The quantitative estimate of drug-likeness (QED) is 0.843. The van der Waals surface area contributed by atoms with E-state index in [1.807, 2.05) is 51.1 Å². The van der Waals surface area contributed by atoms with Crippen LogP contribution in [0.2, 0.25) is 0 Å². The third kappa shape index (κ3) is 4.07. The summed E-state index contributed by atoms with van der Waals surface area (Å²) >= 11 is 5.22. The molecule has 5 heteroatoms. The van der Waals surface area contributed by atoms with E-state index in [0.29, 0.717) is 11.3 Å². The maximum atomic E-state index is 12.4. The number of amides is 1. The van der Waals surface area contributed by atoms with Crippen LogP contribution in [-0.2, 0) is 0 Å². The first-order valence-corrected chi connectivity index (χ1v) is 7.66. The highest BCUT2D eigenvalue weighted by Gasteiger charge is 2.15. The molecular weight excluding hydrogens is 308 g/mol. The van der Waals surface area contributed by atoms with Gasteiger partial charge in [0.25, 0.3) is 5.91 Å². The predicted molar refractivity (Wildman–Crippen MR) is 97.3 cm³/mol. The van der Waals surface area contributed by atoms with Gasteiger partial charge in [-0.25, -0.2) is 0 Å². The number of rotatable bonds is 3. The molecule has 1 amide bonds. The van der Waals surface area contributed by atoms with Gasteiger partial charge in [0.1, 0.15) is 5.75 Å². The highest BCUT2D eigenvalue weighted by Crippen LogP contribution is 2.22. The van der Waals surface area contributed by atoms with Crippen molar-refractivity contribution in [2.75, 3.05) is 12.4 Å². The molecule has 0 aliphatic heterocycles. The highest BCUT2D eigenvalue weighted by atomic mass is 32.1. The van der Waals surface area contributed by atoms with Crippen LogP contribution in [0.1, 0.15) is 27.0 Å². The second-order valence-electron chi connectivity index (χ2n) is 5.36. The molecule has 2 aromatic carbocycles. The minimum absolute atomic E-state index is 0.252. The molecule has 0 heterocycles. The number of hydrogen-bond donors (Lipinski definition) is 2. The first-order valence-electron chi connectivity index (χ1n) is 7.25. The van der Waals surface area contributed by atoms with E-state index >= 15 is 0 Å². The smallest absolute Gasteiger partial charge is 0.261 e. The van der Waals surface area contributed by atoms with Gasteiger partial charge in [-0.15, -0.1) is 0 Å². The second-order valence-corrected chi connectivity index (χ2v) is 5.77. The summed E-state index contributed by atoms with van der Waals surface area (Å²) in [6.45, 7) is 5.96. The molecule has 120 valence electrons. The van der Waals surface area contributed by atoms with Gasteiger partial charge in [0.05, 0.1) is 12.7 Å². The molecule has 0 aliphatic rings. The van der Waals surface area contributed by atoms with E-state index in [2.05, 4.69) is 10.6 Å². The molecule has 0 atom stereocenters. The zero-order valence-corrected chi connectivity index (χ0v) is 14.5. The number of methoxy groups -OCH3 is 1. The Hall–Kier alpha value is -2.40. The number of carbonyl (C=O) groups is 1. The second kappa shape index (κ2) is 7.24. The van der Waals surface area contributed by atoms with Crippen LogP contribution in [0.4, 0.5) is 5.69 Å². The fourth-order valence-electron chi connectivity index (χ4n) is 2.25. The lowest BCUT2D eigenvalue weighted by atomic mass is 10.1. The number of aryl methyl sites for hydroxylation is 3. The molecule has 0 spiro atoms. The van der Waals surface area contributed by atoms with Crippen molar-refractivity contribution in [2.45, 2.75) is 20.8 Å². The summed E-state index contributed by atoms with van der Waals surface area (Å²) in [4.78, 5) is 12.4. The molecule has 2 rings (SSSR count). The number of carbonyl (C=O) groups excluding carboxylic acids is 1. The number of ether oxygens (including phenoxy) is 1. The maximum absolute atomic E-state index is 12.4. The van der Waals surface area contributed by atoms with Crippen LogP contribution in [-0.4, -0.2) is 18.1 Å². The van der Waals surface area contributed by atoms with Crippen molar-refractivity contribution in [2.24, 2.45) is 0 Å². The third-order valence-electron chi connectivity index (χ3n) is 3.65. The van der Waals surface area contributed by atoms with Crippen molar-refractivity contribution >= 4 is 28.9 Å². The van der Waals surface area contributed by atoms with Crippen LogP contribution in [0, 0.1) is 20.8 Å². The van der Waals surface area contributed by atoms with E-state index < -0.39 is 0 Å². The molecule has 0 fully saturated rings. The van der Waals surface area contributed by atoms with Gasteiger partial charge in [-0.2, -0.15) is 0 Å². The van der Waals surface area contributed by atoms with Crippen LogP contribution >= 0.6 is 12.2 Å². The van der Waals surface area contributed by atoms with Gasteiger partial charge in [0.15, 0.2) is 5.11 Å². The molecule has 0 saturated heterocycles. The molecule has 0 bridgehead atoms. The SMILES string of the molecule is COc1c(C)cccc1C(=O)NC(=S)Nc1ccc(C)c(C)c1. The maximum Gasteiger partial charge on any atom is 0.261 e. The van der Waals surface area contributed by atoms with Crippen LogP contribution in [0.25, 0.3) is 0 Å². The van der Waals surface area contributed by atoms with Crippen molar-refractivity contribution in [3.8, 4) is 5.75 Å². The molecule has 23 heavy (non-hydrogen) atoms. The molecule has 4 nitrogen and oxygen atoms in total. The topological polar surface area (TPSA) is 50.4 Å². The average Bonchev–Trinajstić information content (AvgIpc) is 2.50. The minimum Gasteiger partial charge on any atom is -0.496 e. The summed E-state index contributed by atoms with van der Waals surface area (Å²) in [5, 5.41) is 5.96. The van der Waals surface area contributed by atoms with Gasteiger partial charge in [-0.1, -0.05) is 18.2 Å². The van der Waals surface area contributed by atoms with E-state index in [1.54, 1.807) is 13.2 Å². The van der Waals surface area contributed by atoms with Crippen LogP contribution < -0.4 is 15.4 Å². The Morgan fingerprint density at radius 2 is 1.78 bits per heavy atom. The number of benzene rings is 2. The number of thiocarbonyl (C=S) groups is 1. The third-order valence-corrected chi connectivity index (χ3v) is 3.86. The fraction of sp³-hybridized carbons (Fsp3) is 0.222. The molecule has 0 aromatic heterocycles. The summed E-state index contributed by atoms with van der Waals surface area (Å²) in [5.74, 6) is 0.255. The Morgan fingerprint density at radius 3 is 2.43 bits per heavy atom. The van der Waals surface area contributed by atoms with E-state index in [-0.39, 0.29) is 11.0 Å². The number of anilines is 1. The Kier molecular flexibility index (Phi) is 5.34.